The number of fused-ring (bicyclic) bond motifs is 1. The Morgan fingerprint density at radius 3 is 2.67 bits per heavy atom. The summed E-state index contributed by atoms with van der Waals surface area (Å²) in [7, 11) is 0. The summed E-state index contributed by atoms with van der Waals surface area (Å²) in [5.74, 6) is -1.28. The lowest BCUT2D eigenvalue weighted by Crippen LogP contribution is -1.87. The Labute approximate surface area is 101 Å². The van der Waals surface area contributed by atoms with E-state index in [1.54, 1.807) is 18.2 Å². The molecule has 3 nitrogen and oxygen atoms in total. The largest absolute Gasteiger partial charge is 0.436 e. The second kappa shape index (κ2) is 3.80. The van der Waals surface area contributed by atoms with Crippen molar-refractivity contribution in [1.29, 1.82) is 0 Å². The van der Waals surface area contributed by atoms with Gasteiger partial charge < -0.3 is 10.2 Å². The van der Waals surface area contributed by atoms with E-state index in [0.717, 1.165) is 12.1 Å². The van der Waals surface area contributed by atoms with E-state index >= 15 is 0 Å². The van der Waals surface area contributed by atoms with Crippen LogP contribution in [0.1, 0.15) is 0 Å². The number of nitrogen functional groups attached to an aromatic ring is 1. The fourth-order valence-corrected chi connectivity index (χ4v) is 1.75. The van der Waals surface area contributed by atoms with Crippen LogP contribution in [0.3, 0.4) is 0 Å². The van der Waals surface area contributed by atoms with Gasteiger partial charge in [-0.2, -0.15) is 0 Å². The average Bonchev–Trinajstić information content (AvgIpc) is 2.74. The van der Waals surface area contributed by atoms with Crippen LogP contribution in [0.5, 0.6) is 0 Å². The Balaban J connectivity index is 2.23. The molecular weight excluding hydrogens is 238 g/mol. The molecule has 5 heteroatoms. The maximum Gasteiger partial charge on any atom is 0.230 e. The highest BCUT2D eigenvalue weighted by Crippen LogP contribution is 2.28. The van der Waals surface area contributed by atoms with E-state index in [-0.39, 0.29) is 11.5 Å². The van der Waals surface area contributed by atoms with E-state index in [4.69, 9.17) is 10.2 Å². The van der Waals surface area contributed by atoms with Gasteiger partial charge in [-0.1, -0.05) is 6.07 Å². The van der Waals surface area contributed by atoms with Crippen LogP contribution in [0, 0.1) is 11.6 Å². The van der Waals surface area contributed by atoms with Crippen molar-refractivity contribution in [1.82, 2.24) is 4.98 Å². The van der Waals surface area contributed by atoms with E-state index in [9.17, 15) is 8.78 Å². The highest BCUT2D eigenvalue weighted by molar-refractivity contribution is 5.87. The fraction of sp³-hybridized carbons (Fsp3) is 0. The minimum Gasteiger partial charge on any atom is -0.436 e. The van der Waals surface area contributed by atoms with E-state index in [0.29, 0.717) is 16.8 Å². The van der Waals surface area contributed by atoms with Crippen LogP contribution in [-0.4, -0.2) is 4.98 Å². The lowest BCUT2D eigenvalue weighted by molar-refractivity contribution is 0.572. The lowest BCUT2D eigenvalue weighted by atomic mass is 10.2. The van der Waals surface area contributed by atoms with Crippen molar-refractivity contribution in [2.45, 2.75) is 0 Å². The van der Waals surface area contributed by atoms with Crippen molar-refractivity contribution in [3.8, 4) is 11.5 Å². The van der Waals surface area contributed by atoms with E-state index in [2.05, 4.69) is 4.98 Å². The molecule has 0 saturated heterocycles. The second-order valence-electron chi connectivity index (χ2n) is 3.84. The number of hydrogen-bond donors (Lipinski definition) is 1. The van der Waals surface area contributed by atoms with Crippen molar-refractivity contribution in [2.75, 3.05) is 5.73 Å². The first kappa shape index (κ1) is 10.7. The number of para-hydroxylation sites is 1. The van der Waals surface area contributed by atoms with Gasteiger partial charge in [0.1, 0.15) is 17.2 Å². The van der Waals surface area contributed by atoms with Gasteiger partial charge in [0.25, 0.3) is 0 Å². The van der Waals surface area contributed by atoms with E-state index in [1.165, 1.54) is 6.07 Å². The number of benzene rings is 2. The molecule has 0 fully saturated rings. The maximum absolute atomic E-state index is 13.6. The Morgan fingerprint density at radius 2 is 1.94 bits per heavy atom. The number of rotatable bonds is 1. The van der Waals surface area contributed by atoms with Crippen LogP contribution in [0.25, 0.3) is 22.6 Å². The summed E-state index contributed by atoms with van der Waals surface area (Å²) >= 11 is 0. The first-order valence-corrected chi connectivity index (χ1v) is 5.25. The van der Waals surface area contributed by atoms with Crippen molar-refractivity contribution >= 4 is 16.8 Å². The molecule has 0 radical (unpaired) electrons. The topological polar surface area (TPSA) is 52.0 Å². The lowest BCUT2D eigenvalue weighted by Gasteiger charge is -1.97. The third-order valence-corrected chi connectivity index (χ3v) is 2.61. The summed E-state index contributed by atoms with van der Waals surface area (Å²) in [5, 5.41) is 0. The Bertz CT molecular complexity index is 737. The molecule has 0 aliphatic carbocycles. The van der Waals surface area contributed by atoms with Crippen LogP contribution in [0.15, 0.2) is 40.8 Å². The van der Waals surface area contributed by atoms with Crippen molar-refractivity contribution in [2.24, 2.45) is 0 Å². The molecule has 0 bridgehead atoms. The molecule has 18 heavy (non-hydrogen) atoms. The minimum atomic E-state index is -0.722. The summed E-state index contributed by atoms with van der Waals surface area (Å²) in [5.41, 5.74) is 7.22. The first-order chi connectivity index (χ1) is 8.65. The summed E-state index contributed by atoms with van der Waals surface area (Å²) in [6, 6.07) is 8.29. The van der Waals surface area contributed by atoms with Gasteiger partial charge in [0.15, 0.2) is 5.58 Å². The molecule has 0 spiro atoms. The fourth-order valence-electron chi connectivity index (χ4n) is 1.75. The highest BCUT2D eigenvalue weighted by Gasteiger charge is 2.14. The highest BCUT2D eigenvalue weighted by atomic mass is 19.1. The molecule has 3 rings (SSSR count). The third-order valence-electron chi connectivity index (χ3n) is 2.61. The standard InChI is InChI=1S/C13H8F2N2O/c14-7-4-5-8(9(15)6-7)13-17-12-10(16)2-1-3-11(12)18-13/h1-6H,16H2. The Morgan fingerprint density at radius 1 is 1.11 bits per heavy atom. The summed E-state index contributed by atoms with van der Waals surface area (Å²) in [6.45, 7) is 0. The van der Waals surface area contributed by atoms with Crippen LogP contribution in [-0.2, 0) is 0 Å². The van der Waals surface area contributed by atoms with Crippen LogP contribution >= 0.6 is 0 Å². The number of halogens is 2. The molecular formula is C13H8F2N2O. The molecule has 0 saturated carbocycles. The van der Waals surface area contributed by atoms with Gasteiger partial charge in [0.2, 0.25) is 5.89 Å². The minimum absolute atomic E-state index is 0.0837. The monoisotopic (exact) mass is 246 g/mol. The Kier molecular flexibility index (Phi) is 2.26. The molecule has 90 valence electrons. The second-order valence-corrected chi connectivity index (χ2v) is 3.84. The van der Waals surface area contributed by atoms with Gasteiger partial charge in [-0.25, -0.2) is 13.8 Å². The van der Waals surface area contributed by atoms with Gasteiger partial charge in [-0.3, -0.25) is 0 Å². The molecule has 0 unspecified atom stereocenters. The van der Waals surface area contributed by atoms with E-state index in [1.807, 2.05) is 0 Å². The quantitative estimate of drug-likeness (QED) is 0.670. The third kappa shape index (κ3) is 1.60. The summed E-state index contributed by atoms with van der Waals surface area (Å²) in [4.78, 5) is 4.12. The van der Waals surface area contributed by atoms with Gasteiger partial charge in [-0.05, 0) is 24.3 Å². The van der Waals surface area contributed by atoms with Gasteiger partial charge in [0, 0.05) is 6.07 Å². The Hall–Kier alpha value is -2.43. The molecule has 1 aromatic heterocycles. The molecule has 2 N–H and O–H groups in total. The maximum atomic E-state index is 13.6. The van der Waals surface area contributed by atoms with Crippen LogP contribution < -0.4 is 5.73 Å². The SMILES string of the molecule is Nc1cccc2oc(-c3ccc(F)cc3F)nc12. The van der Waals surface area contributed by atoms with E-state index < -0.39 is 11.6 Å². The molecule has 0 atom stereocenters. The molecule has 3 aromatic rings. The van der Waals surface area contributed by atoms with Gasteiger partial charge in [-0.15, -0.1) is 0 Å². The number of oxazole rings is 1. The number of anilines is 1. The first-order valence-electron chi connectivity index (χ1n) is 5.25. The van der Waals surface area contributed by atoms with Crippen molar-refractivity contribution < 1.29 is 13.2 Å². The summed E-state index contributed by atoms with van der Waals surface area (Å²) < 4.78 is 31.8. The molecule has 0 amide bonds. The van der Waals surface area contributed by atoms with Gasteiger partial charge in [0.05, 0.1) is 11.3 Å². The average molecular weight is 246 g/mol. The molecule has 1 heterocycles. The molecule has 2 aromatic carbocycles. The summed E-state index contributed by atoms with van der Waals surface area (Å²) in [6.07, 6.45) is 0. The van der Waals surface area contributed by atoms with Crippen molar-refractivity contribution in [3.05, 3.63) is 48.0 Å². The van der Waals surface area contributed by atoms with Crippen LogP contribution in [0.4, 0.5) is 14.5 Å². The number of hydrogen-bond acceptors (Lipinski definition) is 3. The van der Waals surface area contributed by atoms with Crippen molar-refractivity contribution in [3.63, 3.8) is 0 Å². The zero-order valence-electron chi connectivity index (χ0n) is 9.15. The molecule has 0 aliphatic rings. The van der Waals surface area contributed by atoms with Gasteiger partial charge >= 0.3 is 0 Å². The zero-order chi connectivity index (χ0) is 12.7. The molecule has 0 aliphatic heterocycles. The zero-order valence-corrected chi connectivity index (χ0v) is 9.15. The normalized spacial score (nSPS) is 11.0. The predicted octanol–water partition coefficient (Wildman–Crippen LogP) is 3.36. The predicted molar refractivity (Wildman–Crippen MR) is 63.8 cm³/mol. The van der Waals surface area contributed by atoms with Crippen LogP contribution in [0.2, 0.25) is 0 Å². The number of nitrogens with two attached hydrogens (primary N) is 1. The smallest absolute Gasteiger partial charge is 0.230 e. The number of aromatic nitrogens is 1. The number of nitrogens with zero attached hydrogens (tertiary/aromatic N) is 1.